The highest BCUT2D eigenvalue weighted by Gasteiger charge is 2.18. The molecular weight excluding hydrogens is 218 g/mol. The Morgan fingerprint density at radius 1 is 1.53 bits per heavy atom. The van der Waals surface area contributed by atoms with E-state index in [1.165, 1.54) is 7.11 Å². The third-order valence-corrected chi connectivity index (χ3v) is 2.99. The van der Waals surface area contributed by atoms with Gasteiger partial charge in [0.1, 0.15) is 0 Å². The van der Waals surface area contributed by atoms with Crippen molar-refractivity contribution in [3.8, 4) is 0 Å². The van der Waals surface area contributed by atoms with Crippen LogP contribution in [0.15, 0.2) is 0 Å². The van der Waals surface area contributed by atoms with Gasteiger partial charge in [0.2, 0.25) is 0 Å². The van der Waals surface area contributed by atoms with E-state index in [1.807, 2.05) is 25.5 Å². The van der Waals surface area contributed by atoms with E-state index < -0.39 is 0 Å². The highest BCUT2D eigenvalue weighted by molar-refractivity contribution is 5.69. The Morgan fingerprint density at radius 2 is 2.18 bits per heavy atom. The summed E-state index contributed by atoms with van der Waals surface area (Å²) < 4.78 is 6.54. The van der Waals surface area contributed by atoms with Crippen LogP contribution in [0.5, 0.6) is 0 Å². The minimum atomic E-state index is -0.223. The molecule has 0 radical (unpaired) electrons. The first-order chi connectivity index (χ1) is 8.01. The first-order valence-electron chi connectivity index (χ1n) is 5.87. The number of carbonyl (C=O) groups is 1. The van der Waals surface area contributed by atoms with E-state index in [0.29, 0.717) is 12.8 Å². The maximum absolute atomic E-state index is 11.1. The second-order valence-electron chi connectivity index (χ2n) is 4.12. The van der Waals surface area contributed by atoms with Crippen molar-refractivity contribution < 1.29 is 9.53 Å². The van der Waals surface area contributed by atoms with Crippen LogP contribution in [0.1, 0.15) is 42.8 Å². The van der Waals surface area contributed by atoms with Crippen molar-refractivity contribution in [1.29, 1.82) is 0 Å². The normalized spacial score (nSPS) is 12.5. The van der Waals surface area contributed by atoms with E-state index in [0.717, 1.165) is 23.5 Å². The quantitative estimate of drug-likeness (QED) is 0.790. The molecule has 2 N–H and O–H groups in total. The molecule has 0 saturated heterocycles. The standard InChI is InChI=1S/C12H21N3O2/c1-5-15-9(3)12(8(2)14-15)10(13)6-7-11(16)17-4/h10H,5-7,13H2,1-4H3. The number of esters is 1. The Morgan fingerprint density at radius 3 is 2.65 bits per heavy atom. The topological polar surface area (TPSA) is 70.1 Å². The highest BCUT2D eigenvalue weighted by atomic mass is 16.5. The maximum Gasteiger partial charge on any atom is 0.305 e. The fourth-order valence-corrected chi connectivity index (χ4v) is 2.08. The van der Waals surface area contributed by atoms with Gasteiger partial charge in [-0.15, -0.1) is 0 Å². The van der Waals surface area contributed by atoms with Crippen molar-refractivity contribution in [2.24, 2.45) is 5.73 Å². The first kappa shape index (κ1) is 13.7. The van der Waals surface area contributed by atoms with Crippen molar-refractivity contribution in [1.82, 2.24) is 9.78 Å². The van der Waals surface area contributed by atoms with Gasteiger partial charge in [0.25, 0.3) is 0 Å². The van der Waals surface area contributed by atoms with Crippen molar-refractivity contribution in [2.75, 3.05) is 7.11 Å². The summed E-state index contributed by atoms with van der Waals surface area (Å²) >= 11 is 0. The van der Waals surface area contributed by atoms with Gasteiger partial charge in [0.15, 0.2) is 0 Å². The van der Waals surface area contributed by atoms with E-state index in [2.05, 4.69) is 9.84 Å². The molecule has 0 aliphatic rings. The predicted octanol–water partition coefficient (Wildman–Crippen LogP) is 1.47. The van der Waals surface area contributed by atoms with E-state index in [4.69, 9.17) is 5.73 Å². The van der Waals surface area contributed by atoms with Gasteiger partial charge in [-0.05, 0) is 27.2 Å². The number of nitrogens with zero attached hydrogens (tertiary/aromatic N) is 2. The molecule has 5 heteroatoms. The van der Waals surface area contributed by atoms with Crippen molar-refractivity contribution in [3.63, 3.8) is 0 Å². The molecule has 17 heavy (non-hydrogen) atoms. The van der Waals surface area contributed by atoms with Gasteiger partial charge < -0.3 is 10.5 Å². The van der Waals surface area contributed by atoms with Gasteiger partial charge >= 0.3 is 5.97 Å². The number of carbonyl (C=O) groups excluding carboxylic acids is 1. The van der Waals surface area contributed by atoms with Gasteiger partial charge in [0.05, 0.1) is 12.8 Å². The molecule has 0 aliphatic heterocycles. The van der Waals surface area contributed by atoms with Crippen molar-refractivity contribution in [3.05, 3.63) is 17.0 Å². The minimum absolute atomic E-state index is 0.158. The average molecular weight is 239 g/mol. The van der Waals surface area contributed by atoms with Crippen LogP contribution in [0.2, 0.25) is 0 Å². The van der Waals surface area contributed by atoms with Gasteiger partial charge in [-0.25, -0.2) is 0 Å². The van der Waals surface area contributed by atoms with Gasteiger partial charge in [0, 0.05) is 30.3 Å². The predicted molar refractivity (Wildman–Crippen MR) is 65.6 cm³/mol. The smallest absolute Gasteiger partial charge is 0.305 e. The lowest BCUT2D eigenvalue weighted by atomic mass is 10.0. The summed E-state index contributed by atoms with van der Waals surface area (Å²) in [6.45, 7) is 6.84. The van der Waals surface area contributed by atoms with E-state index >= 15 is 0 Å². The summed E-state index contributed by atoms with van der Waals surface area (Å²) in [5.41, 5.74) is 9.19. The van der Waals surface area contributed by atoms with Crippen LogP contribution in [0.3, 0.4) is 0 Å². The fraction of sp³-hybridized carbons (Fsp3) is 0.667. The second kappa shape index (κ2) is 5.82. The van der Waals surface area contributed by atoms with Crippen LogP contribution in [0.4, 0.5) is 0 Å². The monoisotopic (exact) mass is 239 g/mol. The first-order valence-corrected chi connectivity index (χ1v) is 5.87. The zero-order chi connectivity index (χ0) is 13.0. The molecule has 0 bridgehead atoms. The van der Waals surface area contributed by atoms with Crippen molar-refractivity contribution in [2.45, 2.75) is 46.2 Å². The third kappa shape index (κ3) is 3.06. The lowest BCUT2D eigenvalue weighted by molar-refractivity contribution is -0.140. The Kier molecular flexibility index (Phi) is 4.69. The zero-order valence-corrected chi connectivity index (χ0v) is 11.0. The second-order valence-corrected chi connectivity index (χ2v) is 4.12. The number of aromatic nitrogens is 2. The average Bonchev–Trinajstić information content (AvgIpc) is 2.60. The van der Waals surface area contributed by atoms with E-state index in [9.17, 15) is 4.79 Å². The fourth-order valence-electron chi connectivity index (χ4n) is 2.08. The molecule has 0 fully saturated rings. The molecular formula is C12H21N3O2. The Hall–Kier alpha value is -1.36. The molecule has 0 amide bonds. The molecule has 1 aromatic rings. The minimum Gasteiger partial charge on any atom is -0.469 e. The molecule has 1 unspecified atom stereocenters. The molecule has 96 valence electrons. The number of rotatable bonds is 5. The van der Waals surface area contributed by atoms with Crippen LogP contribution in [-0.4, -0.2) is 22.9 Å². The summed E-state index contributed by atoms with van der Waals surface area (Å²) in [6.07, 6.45) is 0.928. The molecule has 1 aromatic heterocycles. The SMILES string of the molecule is CCn1nc(C)c(C(N)CCC(=O)OC)c1C. The summed E-state index contributed by atoms with van der Waals surface area (Å²) in [5, 5.41) is 4.42. The lowest BCUT2D eigenvalue weighted by Crippen LogP contribution is -2.15. The number of ether oxygens (including phenoxy) is 1. The summed E-state index contributed by atoms with van der Waals surface area (Å²) in [4.78, 5) is 11.1. The van der Waals surface area contributed by atoms with Crippen LogP contribution in [0, 0.1) is 13.8 Å². The Bertz CT molecular complexity index is 399. The molecule has 1 heterocycles. The Labute approximate surface area is 102 Å². The van der Waals surface area contributed by atoms with Crippen LogP contribution >= 0.6 is 0 Å². The van der Waals surface area contributed by atoms with E-state index in [-0.39, 0.29) is 12.0 Å². The molecule has 1 atom stereocenters. The van der Waals surface area contributed by atoms with Crippen LogP contribution in [0.25, 0.3) is 0 Å². The number of nitrogens with two attached hydrogens (primary N) is 1. The number of methoxy groups -OCH3 is 1. The zero-order valence-electron chi connectivity index (χ0n) is 11.0. The largest absolute Gasteiger partial charge is 0.469 e. The van der Waals surface area contributed by atoms with E-state index in [1.54, 1.807) is 0 Å². The van der Waals surface area contributed by atoms with Crippen molar-refractivity contribution >= 4 is 5.97 Å². The number of aryl methyl sites for hydroxylation is 2. The molecule has 0 aromatic carbocycles. The molecule has 0 spiro atoms. The van der Waals surface area contributed by atoms with Crippen LogP contribution < -0.4 is 5.73 Å². The van der Waals surface area contributed by atoms with Gasteiger partial charge in [-0.1, -0.05) is 0 Å². The third-order valence-electron chi connectivity index (χ3n) is 2.99. The maximum atomic E-state index is 11.1. The molecule has 1 rings (SSSR count). The van der Waals surface area contributed by atoms with Gasteiger partial charge in [-0.3, -0.25) is 9.48 Å². The molecule has 0 saturated carbocycles. The molecule has 5 nitrogen and oxygen atoms in total. The summed E-state index contributed by atoms with van der Waals surface area (Å²) in [6, 6.07) is -0.158. The highest BCUT2D eigenvalue weighted by Crippen LogP contribution is 2.23. The molecule has 0 aliphatic carbocycles. The number of hydrogen-bond acceptors (Lipinski definition) is 4. The lowest BCUT2D eigenvalue weighted by Gasteiger charge is -2.11. The van der Waals surface area contributed by atoms with Crippen LogP contribution in [-0.2, 0) is 16.1 Å². The summed E-state index contributed by atoms with van der Waals surface area (Å²) in [5.74, 6) is -0.223. The Balaban J connectivity index is 2.78. The summed E-state index contributed by atoms with van der Waals surface area (Å²) in [7, 11) is 1.39. The number of hydrogen-bond donors (Lipinski definition) is 1. The van der Waals surface area contributed by atoms with Gasteiger partial charge in [-0.2, -0.15) is 5.10 Å².